The van der Waals surface area contributed by atoms with Gasteiger partial charge in [0.15, 0.2) is 0 Å². The molecule has 0 unspecified atom stereocenters. The highest BCUT2D eigenvalue weighted by Gasteiger charge is 2.25. The van der Waals surface area contributed by atoms with E-state index in [0.29, 0.717) is 0 Å². The second-order valence-electron chi connectivity index (χ2n) is 9.09. The van der Waals surface area contributed by atoms with Crippen LogP contribution in [0.2, 0.25) is 0 Å². The largest absolute Gasteiger partial charge is 0.497 e. The zero-order valence-electron chi connectivity index (χ0n) is 19.9. The number of hydrogen-bond acceptors (Lipinski definition) is 5. The van der Waals surface area contributed by atoms with E-state index in [-0.39, 0.29) is 5.91 Å². The van der Waals surface area contributed by atoms with E-state index in [1.165, 1.54) is 11.3 Å². The number of rotatable bonds is 4. The summed E-state index contributed by atoms with van der Waals surface area (Å²) in [6, 6.07) is 26.6. The fraction of sp³-hybridized carbons (Fsp3) is 0.241. The van der Waals surface area contributed by atoms with Crippen molar-refractivity contribution >= 4 is 34.0 Å². The normalized spacial score (nSPS) is 15.4. The van der Waals surface area contributed by atoms with E-state index >= 15 is 0 Å². The number of methoxy groups -OCH3 is 1. The number of benzene rings is 3. The predicted octanol–water partition coefficient (Wildman–Crippen LogP) is 4.90. The van der Waals surface area contributed by atoms with E-state index in [2.05, 4.69) is 46.2 Å². The Balaban J connectivity index is 1.17. The van der Waals surface area contributed by atoms with Crippen molar-refractivity contribution in [2.75, 3.05) is 49.6 Å². The fourth-order valence-electron chi connectivity index (χ4n) is 5.09. The average Bonchev–Trinajstić information content (AvgIpc) is 3.34. The lowest BCUT2D eigenvalue weighted by atomic mass is 10.1. The Labute approximate surface area is 205 Å². The van der Waals surface area contributed by atoms with Crippen LogP contribution in [0.25, 0.3) is 10.9 Å². The molecule has 2 aliphatic heterocycles. The Hall–Kier alpha value is -4.06. The zero-order chi connectivity index (χ0) is 23.8. The van der Waals surface area contributed by atoms with Gasteiger partial charge in [-0.25, -0.2) is 4.98 Å². The molecule has 35 heavy (non-hydrogen) atoms. The van der Waals surface area contributed by atoms with Crippen molar-refractivity contribution in [2.45, 2.75) is 6.42 Å². The lowest BCUT2D eigenvalue weighted by Crippen LogP contribution is -2.48. The first-order valence-electron chi connectivity index (χ1n) is 12.1. The molecule has 6 heteroatoms. The standard InChI is InChI=1S/C29H28N4O2/c1-35-26-12-9-22-19-23-13-14-33(28(23)30-27(22)20-26)25-10-7-21(8-11-25)29(34)32-17-15-31(16-18-32)24-5-3-2-4-6-24/h2-12,19-20H,13-18H2,1H3. The number of anilines is 3. The molecule has 3 aromatic carbocycles. The molecule has 0 saturated carbocycles. The van der Waals surface area contributed by atoms with Gasteiger partial charge in [0, 0.05) is 61.1 Å². The van der Waals surface area contributed by atoms with Gasteiger partial charge in [0.25, 0.3) is 5.91 Å². The van der Waals surface area contributed by atoms with Crippen molar-refractivity contribution in [1.82, 2.24) is 9.88 Å². The highest BCUT2D eigenvalue weighted by molar-refractivity contribution is 5.95. The lowest BCUT2D eigenvalue weighted by molar-refractivity contribution is 0.0747. The quantitative estimate of drug-likeness (QED) is 0.430. The van der Waals surface area contributed by atoms with Crippen molar-refractivity contribution in [3.63, 3.8) is 0 Å². The van der Waals surface area contributed by atoms with Gasteiger partial charge in [-0.1, -0.05) is 18.2 Å². The van der Waals surface area contributed by atoms with Gasteiger partial charge >= 0.3 is 0 Å². The molecular formula is C29H28N4O2. The van der Waals surface area contributed by atoms with Crippen LogP contribution in [-0.2, 0) is 6.42 Å². The van der Waals surface area contributed by atoms with Gasteiger partial charge in [-0.2, -0.15) is 0 Å². The number of hydrogen-bond donors (Lipinski definition) is 0. The smallest absolute Gasteiger partial charge is 0.253 e. The van der Waals surface area contributed by atoms with Crippen molar-refractivity contribution in [2.24, 2.45) is 0 Å². The van der Waals surface area contributed by atoms with Crippen LogP contribution in [0.3, 0.4) is 0 Å². The number of aromatic nitrogens is 1. The highest BCUT2D eigenvalue weighted by Crippen LogP contribution is 2.35. The van der Waals surface area contributed by atoms with Crippen LogP contribution in [-0.4, -0.2) is 55.6 Å². The van der Waals surface area contributed by atoms with Crippen molar-refractivity contribution in [3.05, 3.63) is 90.0 Å². The number of piperazine rings is 1. The van der Waals surface area contributed by atoms with Crippen LogP contribution in [0.5, 0.6) is 5.75 Å². The summed E-state index contributed by atoms with van der Waals surface area (Å²) in [7, 11) is 1.67. The summed E-state index contributed by atoms with van der Waals surface area (Å²) < 4.78 is 5.37. The van der Waals surface area contributed by atoms with Gasteiger partial charge in [0.2, 0.25) is 0 Å². The molecular weight excluding hydrogens is 436 g/mol. The molecule has 176 valence electrons. The molecule has 1 aromatic heterocycles. The minimum atomic E-state index is 0.0993. The third-order valence-corrected chi connectivity index (χ3v) is 7.06. The minimum Gasteiger partial charge on any atom is -0.497 e. The summed E-state index contributed by atoms with van der Waals surface area (Å²) in [5.74, 6) is 1.89. The monoisotopic (exact) mass is 464 g/mol. The summed E-state index contributed by atoms with van der Waals surface area (Å²) in [6.07, 6.45) is 0.955. The van der Waals surface area contributed by atoms with E-state index in [4.69, 9.17) is 9.72 Å². The van der Waals surface area contributed by atoms with E-state index in [9.17, 15) is 4.79 Å². The molecule has 0 spiro atoms. The summed E-state index contributed by atoms with van der Waals surface area (Å²) in [6.45, 7) is 4.04. The van der Waals surface area contributed by atoms with E-state index in [1.54, 1.807) is 7.11 Å². The predicted molar refractivity (Wildman–Crippen MR) is 140 cm³/mol. The van der Waals surface area contributed by atoms with Gasteiger partial charge < -0.3 is 19.4 Å². The van der Waals surface area contributed by atoms with Crippen LogP contribution < -0.4 is 14.5 Å². The molecule has 6 nitrogen and oxygen atoms in total. The van der Waals surface area contributed by atoms with Gasteiger partial charge in [0.05, 0.1) is 12.6 Å². The molecule has 4 aromatic rings. The molecule has 0 bridgehead atoms. The number of amides is 1. The number of pyridine rings is 1. The molecule has 2 aliphatic rings. The van der Waals surface area contributed by atoms with Gasteiger partial charge in [0.1, 0.15) is 11.6 Å². The molecule has 1 saturated heterocycles. The number of para-hydroxylation sites is 1. The van der Waals surface area contributed by atoms with E-state index in [1.807, 2.05) is 47.4 Å². The third kappa shape index (κ3) is 4.05. The number of ether oxygens (including phenoxy) is 1. The maximum Gasteiger partial charge on any atom is 0.253 e. The van der Waals surface area contributed by atoms with Crippen molar-refractivity contribution < 1.29 is 9.53 Å². The van der Waals surface area contributed by atoms with E-state index < -0.39 is 0 Å². The van der Waals surface area contributed by atoms with Gasteiger partial charge in [-0.3, -0.25) is 4.79 Å². The Morgan fingerprint density at radius 1 is 0.829 bits per heavy atom. The average molecular weight is 465 g/mol. The Kier molecular flexibility index (Phi) is 5.49. The van der Waals surface area contributed by atoms with Crippen LogP contribution in [0.1, 0.15) is 15.9 Å². The van der Waals surface area contributed by atoms with Crippen LogP contribution >= 0.6 is 0 Å². The second-order valence-corrected chi connectivity index (χ2v) is 9.09. The molecule has 3 heterocycles. The Bertz CT molecular complexity index is 1360. The topological polar surface area (TPSA) is 48.9 Å². The number of fused-ring (bicyclic) bond motifs is 2. The SMILES string of the molecule is COc1ccc2cc3c(nc2c1)N(c1ccc(C(=O)N2CCN(c4ccccc4)CC2)cc1)CC3. The van der Waals surface area contributed by atoms with Crippen molar-refractivity contribution in [3.8, 4) is 5.75 Å². The molecule has 0 N–H and O–H groups in total. The maximum atomic E-state index is 13.2. The Morgan fingerprint density at radius 2 is 1.60 bits per heavy atom. The second kappa shape index (κ2) is 8.95. The van der Waals surface area contributed by atoms with Gasteiger partial charge in [-0.05, 0) is 66.6 Å². The summed E-state index contributed by atoms with van der Waals surface area (Å²) in [4.78, 5) is 24.6. The first-order valence-corrected chi connectivity index (χ1v) is 12.1. The first kappa shape index (κ1) is 21.5. The lowest BCUT2D eigenvalue weighted by Gasteiger charge is -2.36. The minimum absolute atomic E-state index is 0.0993. The molecule has 0 radical (unpaired) electrons. The molecule has 1 amide bonds. The number of nitrogens with zero attached hydrogens (tertiary/aromatic N) is 4. The summed E-state index contributed by atoms with van der Waals surface area (Å²) >= 11 is 0. The number of carbonyl (C=O) groups is 1. The Morgan fingerprint density at radius 3 is 2.34 bits per heavy atom. The fourth-order valence-corrected chi connectivity index (χ4v) is 5.09. The van der Waals surface area contributed by atoms with Crippen LogP contribution in [0.15, 0.2) is 78.9 Å². The van der Waals surface area contributed by atoms with Crippen molar-refractivity contribution in [1.29, 1.82) is 0 Å². The van der Waals surface area contributed by atoms with E-state index in [0.717, 1.165) is 72.9 Å². The summed E-state index contributed by atoms with van der Waals surface area (Å²) in [5.41, 5.74) is 5.19. The molecule has 1 fully saturated rings. The first-order chi connectivity index (χ1) is 17.2. The maximum absolute atomic E-state index is 13.2. The summed E-state index contributed by atoms with van der Waals surface area (Å²) in [5, 5.41) is 1.12. The van der Waals surface area contributed by atoms with Gasteiger partial charge in [-0.15, -0.1) is 0 Å². The highest BCUT2D eigenvalue weighted by atomic mass is 16.5. The third-order valence-electron chi connectivity index (χ3n) is 7.06. The van der Waals surface area contributed by atoms with Crippen LogP contribution in [0, 0.1) is 0 Å². The zero-order valence-corrected chi connectivity index (χ0v) is 19.9. The molecule has 0 aliphatic carbocycles. The molecule has 6 rings (SSSR count). The molecule has 0 atom stereocenters. The number of carbonyl (C=O) groups excluding carboxylic acids is 1. The van der Waals surface area contributed by atoms with Crippen LogP contribution in [0.4, 0.5) is 17.2 Å².